The molecule has 2 saturated heterocycles. The monoisotopic (exact) mass is 609 g/mol. The number of hydrogen-bond acceptors (Lipinski definition) is 9. The SMILES string of the molecule is COCC1=C2[C@@H](CC/C(=C/c3ccc(O)cc3)c3ccccn3)OB(O)C[C@@H]2[C@@H]2C(=O)N(c3cccc([N+](=O)[O-])c3)C(=O)[C@@H]2C1. The number of aromatic nitrogens is 1. The van der Waals surface area contributed by atoms with Crippen molar-refractivity contribution >= 4 is 42.0 Å². The lowest BCUT2D eigenvalue weighted by Crippen LogP contribution is -2.46. The van der Waals surface area contributed by atoms with Gasteiger partial charge in [0.25, 0.3) is 5.69 Å². The zero-order valence-electron chi connectivity index (χ0n) is 24.6. The number of rotatable bonds is 9. The van der Waals surface area contributed by atoms with Crippen LogP contribution in [0.1, 0.15) is 30.5 Å². The molecule has 6 rings (SSSR count). The first kappa shape index (κ1) is 30.4. The van der Waals surface area contributed by atoms with Crippen LogP contribution in [0.15, 0.2) is 84.1 Å². The first-order valence-electron chi connectivity index (χ1n) is 14.8. The number of fused-ring (bicyclic) bond motifs is 3. The second kappa shape index (κ2) is 12.8. The summed E-state index contributed by atoms with van der Waals surface area (Å²) in [6.45, 7) is 0.236. The molecular weight excluding hydrogens is 577 g/mol. The number of anilines is 1. The predicted molar refractivity (Wildman–Crippen MR) is 167 cm³/mol. The van der Waals surface area contributed by atoms with Gasteiger partial charge in [0, 0.05) is 25.4 Å². The standard InChI is InChI=1S/C33H32BN3O8/c1-44-19-22-16-26-31(33(40)36(32(26)39)23-5-4-6-24(17-23)37(42)43)27-18-34(41)45-29(30(22)27)13-10-21(28-7-2-3-14-35-28)15-20-8-11-25(38)12-9-20/h2-9,11-12,14-15,17,26-27,29,31,38,41H,10,13,16,18-19H2,1H3/b21-15-/t26-,27+,29-,31-/m1/s1. The van der Waals surface area contributed by atoms with Gasteiger partial charge in [0.1, 0.15) is 5.75 Å². The molecule has 1 aromatic heterocycles. The summed E-state index contributed by atoms with van der Waals surface area (Å²) in [6, 6.07) is 18.0. The summed E-state index contributed by atoms with van der Waals surface area (Å²) in [6.07, 6.45) is 4.57. The van der Waals surface area contributed by atoms with Gasteiger partial charge in [-0.2, -0.15) is 0 Å². The van der Waals surface area contributed by atoms with Crippen molar-refractivity contribution in [3.63, 3.8) is 0 Å². The molecule has 0 spiro atoms. The summed E-state index contributed by atoms with van der Waals surface area (Å²) in [5, 5.41) is 32.1. The van der Waals surface area contributed by atoms with Crippen LogP contribution in [0, 0.1) is 27.9 Å². The highest BCUT2D eigenvalue weighted by atomic mass is 16.6. The summed E-state index contributed by atoms with van der Waals surface area (Å²) in [7, 11) is 0.416. The third-order valence-electron chi connectivity index (χ3n) is 8.83. The zero-order chi connectivity index (χ0) is 31.7. The number of phenolic OH excluding ortho intramolecular Hbond substituents is 1. The Morgan fingerprint density at radius 2 is 1.93 bits per heavy atom. The van der Waals surface area contributed by atoms with Crippen molar-refractivity contribution in [1.29, 1.82) is 0 Å². The van der Waals surface area contributed by atoms with Crippen LogP contribution in [-0.4, -0.2) is 58.8 Å². The third-order valence-corrected chi connectivity index (χ3v) is 8.83. The van der Waals surface area contributed by atoms with E-state index < -0.39 is 47.7 Å². The van der Waals surface area contributed by atoms with E-state index in [9.17, 15) is 29.8 Å². The minimum Gasteiger partial charge on any atom is -0.508 e. The number of methoxy groups -OCH3 is 1. The van der Waals surface area contributed by atoms with Gasteiger partial charge in [0.2, 0.25) is 11.8 Å². The molecule has 2 N–H and O–H groups in total. The minimum atomic E-state index is -1.15. The van der Waals surface area contributed by atoms with Gasteiger partial charge in [-0.25, -0.2) is 4.90 Å². The molecular formula is C33H32BN3O8. The number of nitrogens with zero attached hydrogens (tertiary/aromatic N) is 3. The summed E-state index contributed by atoms with van der Waals surface area (Å²) < 4.78 is 11.7. The molecule has 11 nitrogen and oxygen atoms in total. The summed E-state index contributed by atoms with van der Waals surface area (Å²) >= 11 is 0. The van der Waals surface area contributed by atoms with Crippen LogP contribution in [0.2, 0.25) is 6.32 Å². The van der Waals surface area contributed by atoms with Gasteiger partial charge in [0.05, 0.1) is 40.9 Å². The smallest absolute Gasteiger partial charge is 0.455 e. The van der Waals surface area contributed by atoms with E-state index in [0.29, 0.717) is 12.8 Å². The highest BCUT2D eigenvalue weighted by Crippen LogP contribution is 2.51. The average molecular weight is 609 g/mol. The third kappa shape index (κ3) is 6.04. The maximum Gasteiger partial charge on any atom is 0.455 e. The molecule has 230 valence electrons. The van der Waals surface area contributed by atoms with E-state index in [0.717, 1.165) is 32.9 Å². The normalized spacial score (nSPS) is 23.3. The van der Waals surface area contributed by atoms with E-state index in [4.69, 9.17) is 9.39 Å². The number of benzene rings is 2. The molecule has 0 radical (unpaired) electrons. The first-order valence-corrected chi connectivity index (χ1v) is 14.8. The van der Waals surface area contributed by atoms with Crippen LogP contribution in [0.25, 0.3) is 11.6 Å². The molecule has 3 heterocycles. The van der Waals surface area contributed by atoms with E-state index in [-0.39, 0.29) is 36.5 Å². The second-order valence-corrected chi connectivity index (χ2v) is 11.6. The molecule has 2 amide bonds. The number of nitro benzene ring substituents is 1. The molecule has 2 aromatic carbocycles. The number of hydrogen-bond donors (Lipinski definition) is 2. The van der Waals surface area contributed by atoms with Gasteiger partial charge < -0.3 is 19.5 Å². The lowest BCUT2D eigenvalue weighted by molar-refractivity contribution is -0.384. The minimum absolute atomic E-state index is 0.137. The van der Waals surface area contributed by atoms with Crippen molar-refractivity contribution < 1.29 is 34.0 Å². The van der Waals surface area contributed by atoms with Crippen LogP contribution in [0.3, 0.4) is 0 Å². The number of pyridine rings is 1. The number of ether oxygens (including phenoxy) is 1. The molecule has 0 saturated carbocycles. The van der Waals surface area contributed by atoms with Gasteiger partial charge in [-0.3, -0.25) is 24.7 Å². The number of allylic oxidation sites excluding steroid dienone is 1. The number of imide groups is 1. The Morgan fingerprint density at radius 1 is 1.13 bits per heavy atom. The van der Waals surface area contributed by atoms with E-state index in [1.165, 1.54) is 24.3 Å². The molecule has 12 heteroatoms. The fourth-order valence-electron chi connectivity index (χ4n) is 6.96. The number of aromatic hydroxyl groups is 1. The maximum absolute atomic E-state index is 14.0. The average Bonchev–Trinajstić information content (AvgIpc) is 3.29. The van der Waals surface area contributed by atoms with E-state index >= 15 is 0 Å². The number of amides is 2. The fraction of sp³-hybridized carbons (Fsp3) is 0.303. The van der Waals surface area contributed by atoms with Crippen molar-refractivity contribution in [3.8, 4) is 5.75 Å². The molecule has 1 aliphatic carbocycles. The lowest BCUT2D eigenvalue weighted by atomic mass is 9.58. The molecule has 0 unspecified atom stereocenters. The van der Waals surface area contributed by atoms with Crippen molar-refractivity contribution in [2.24, 2.45) is 17.8 Å². The summed E-state index contributed by atoms with van der Waals surface area (Å²) in [4.78, 5) is 44.2. The summed E-state index contributed by atoms with van der Waals surface area (Å²) in [5.74, 6) is -2.57. The molecule has 2 aliphatic heterocycles. The van der Waals surface area contributed by atoms with Crippen LogP contribution in [0.4, 0.5) is 11.4 Å². The van der Waals surface area contributed by atoms with Crippen LogP contribution in [0.5, 0.6) is 5.75 Å². The van der Waals surface area contributed by atoms with Crippen molar-refractivity contribution in [2.75, 3.05) is 18.6 Å². The van der Waals surface area contributed by atoms with E-state index in [1.807, 2.05) is 36.4 Å². The number of non-ortho nitro benzene ring substituents is 1. The summed E-state index contributed by atoms with van der Waals surface area (Å²) in [5.41, 5.74) is 4.26. The Balaban J connectivity index is 1.32. The van der Waals surface area contributed by atoms with Crippen LogP contribution < -0.4 is 4.90 Å². The van der Waals surface area contributed by atoms with E-state index in [1.54, 1.807) is 25.4 Å². The number of carbonyl (C=O) groups excluding carboxylic acids is 2. The highest BCUT2D eigenvalue weighted by Gasteiger charge is 2.57. The van der Waals surface area contributed by atoms with Gasteiger partial charge in [-0.05, 0) is 90.2 Å². The Bertz CT molecular complexity index is 1680. The van der Waals surface area contributed by atoms with Gasteiger partial charge >= 0.3 is 7.12 Å². The van der Waals surface area contributed by atoms with Crippen molar-refractivity contribution in [1.82, 2.24) is 4.98 Å². The Morgan fingerprint density at radius 3 is 2.64 bits per heavy atom. The Hall–Kier alpha value is -4.65. The topological polar surface area (TPSA) is 152 Å². The number of phenols is 1. The van der Waals surface area contributed by atoms with E-state index in [2.05, 4.69) is 4.98 Å². The number of nitro groups is 1. The fourth-order valence-corrected chi connectivity index (χ4v) is 6.96. The van der Waals surface area contributed by atoms with Gasteiger partial charge in [-0.1, -0.05) is 24.3 Å². The maximum atomic E-state index is 14.0. The van der Waals surface area contributed by atoms with Gasteiger partial charge in [0.15, 0.2) is 0 Å². The largest absolute Gasteiger partial charge is 0.508 e. The number of carbonyl (C=O) groups is 2. The molecule has 45 heavy (non-hydrogen) atoms. The first-order chi connectivity index (χ1) is 21.7. The quantitative estimate of drug-likeness (QED) is 0.116. The highest BCUT2D eigenvalue weighted by molar-refractivity contribution is 6.43. The molecule has 3 aromatic rings. The second-order valence-electron chi connectivity index (χ2n) is 11.6. The van der Waals surface area contributed by atoms with Crippen LogP contribution in [-0.2, 0) is 19.0 Å². The molecule has 4 atom stereocenters. The molecule has 0 bridgehead atoms. The molecule has 3 aliphatic rings. The van der Waals surface area contributed by atoms with Crippen molar-refractivity contribution in [2.45, 2.75) is 31.7 Å². The Kier molecular flexibility index (Phi) is 8.62. The lowest BCUT2D eigenvalue weighted by Gasteiger charge is -2.43. The zero-order valence-corrected chi connectivity index (χ0v) is 24.6. The predicted octanol–water partition coefficient (Wildman–Crippen LogP) is 4.66. The Labute approximate surface area is 260 Å². The van der Waals surface area contributed by atoms with Crippen LogP contribution >= 0.6 is 0 Å². The van der Waals surface area contributed by atoms with Crippen molar-refractivity contribution in [3.05, 3.63) is 105 Å². The molecule has 2 fully saturated rings. The van der Waals surface area contributed by atoms with Gasteiger partial charge in [-0.15, -0.1) is 0 Å².